The molecule has 0 heterocycles. The van der Waals surface area contributed by atoms with Crippen molar-refractivity contribution in [2.45, 2.75) is 12.6 Å². The van der Waals surface area contributed by atoms with Crippen LogP contribution in [0.2, 0.25) is 0 Å². The van der Waals surface area contributed by atoms with Crippen molar-refractivity contribution in [3.63, 3.8) is 0 Å². The third-order valence-corrected chi connectivity index (χ3v) is 2.24. The van der Waals surface area contributed by atoms with Crippen molar-refractivity contribution in [1.82, 2.24) is 5.32 Å². The van der Waals surface area contributed by atoms with E-state index in [0.717, 1.165) is 5.56 Å². The highest BCUT2D eigenvalue weighted by Gasteiger charge is 2.15. The summed E-state index contributed by atoms with van der Waals surface area (Å²) in [6, 6.07) is 8.31. The molecule has 0 aliphatic heterocycles. The van der Waals surface area contributed by atoms with Gasteiger partial charge in [0, 0.05) is 13.7 Å². The van der Waals surface area contributed by atoms with Gasteiger partial charge in [-0.25, -0.2) is 0 Å². The molecule has 1 aromatic rings. The molecule has 0 aromatic heterocycles. The van der Waals surface area contributed by atoms with Gasteiger partial charge in [-0.1, -0.05) is 12.1 Å². The Labute approximate surface area is 99.6 Å². The van der Waals surface area contributed by atoms with E-state index in [-0.39, 0.29) is 6.61 Å². The van der Waals surface area contributed by atoms with Gasteiger partial charge < -0.3 is 9.84 Å². The summed E-state index contributed by atoms with van der Waals surface area (Å²) in [5.41, 5.74) is 1.43. The zero-order valence-corrected chi connectivity index (χ0v) is 9.51. The summed E-state index contributed by atoms with van der Waals surface area (Å²) in [6.45, 7) is 0.489. The minimum Gasteiger partial charge on any atom is -0.480 e. The van der Waals surface area contributed by atoms with E-state index in [1.165, 1.54) is 7.11 Å². The molecule has 0 aliphatic rings. The largest absolute Gasteiger partial charge is 0.480 e. The van der Waals surface area contributed by atoms with Crippen LogP contribution in [0.5, 0.6) is 0 Å². The number of methoxy groups -OCH3 is 1. The first-order valence-corrected chi connectivity index (χ1v) is 5.11. The number of carbonyl (C=O) groups is 1. The molecule has 0 fully saturated rings. The van der Waals surface area contributed by atoms with E-state index in [1.807, 2.05) is 12.1 Å². The molecule has 0 saturated carbocycles. The molecule has 17 heavy (non-hydrogen) atoms. The molecule has 0 aliphatic carbocycles. The van der Waals surface area contributed by atoms with Crippen LogP contribution in [-0.2, 0) is 16.1 Å². The number of nitrogens with zero attached hydrogens (tertiary/aromatic N) is 1. The molecular weight excluding hydrogens is 220 g/mol. The van der Waals surface area contributed by atoms with Gasteiger partial charge in [-0.3, -0.25) is 10.1 Å². The van der Waals surface area contributed by atoms with E-state index in [2.05, 4.69) is 5.32 Å². The predicted octanol–water partition coefficient (Wildman–Crippen LogP) is 0.747. The lowest BCUT2D eigenvalue weighted by Crippen LogP contribution is -2.39. The number of carboxylic acids is 1. The highest BCUT2D eigenvalue weighted by Crippen LogP contribution is 2.04. The van der Waals surface area contributed by atoms with Crippen molar-refractivity contribution in [3.8, 4) is 6.07 Å². The number of hydrogen-bond donors (Lipinski definition) is 2. The Kier molecular flexibility index (Phi) is 5.14. The molecule has 2 N–H and O–H groups in total. The normalized spacial score (nSPS) is 11.8. The van der Waals surface area contributed by atoms with Gasteiger partial charge in [-0.2, -0.15) is 5.26 Å². The second-order valence-electron chi connectivity index (χ2n) is 3.54. The van der Waals surface area contributed by atoms with Gasteiger partial charge in [-0.15, -0.1) is 0 Å². The second kappa shape index (κ2) is 6.63. The number of ether oxygens (including phenoxy) is 1. The zero-order chi connectivity index (χ0) is 12.7. The third-order valence-electron chi connectivity index (χ3n) is 2.24. The van der Waals surface area contributed by atoms with Crippen molar-refractivity contribution in [2.24, 2.45) is 0 Å². The summed E-state index contributed by atoms with van der Waals surface area (Å²) in [5, 5.41) is 20.5. The minimum atomic E-state index is -0.955. The van der Waals surface area contributed by atoms with E-state index >= 15 is 0 Å². The van der Waals surface area contributed by atoms with Crippen LogP contribution in [0.3, 0.4) is 0 Å². The van der Waals surface area contributed by atoms with Crippen LogP contribution < -0.4 is 5.32 Å². The highest BCUT2D eigenvalue weighted by molar-refractivity contribution is 5.73. The van der Waals surface area contributed by atoms with Crippen LogP contribution in [0.1, 0.15) is 11.1 Å². The van der Waals surface area contributed by atoms with E-state index in [4.69, 9.17) is 15.1 Å². The average molecular weight is 234 g/mol. The maximum atomic E-state index is 10.8. The first-order valence-electron chi connectivity index (χ1n) is 5.11. The molecular formula is C12H14N2O3. The van der Waals surface area contributed by atoms with E-state index in [1.54, 1.807) is 18.2 Å². The van der Waals surface area contributed by atoms with Crippen molar-refractivity contribution in [3.05, 3.63) is 35.4 Å². The molecule has 0 amide bonds. The third kappa shape index (κ3) is 4.23. The summed E-state index contributed by atoms with van der Waals surface area (Å²) >= 11 is 0. The maximum absolute atomic E-state index is 10.8. The van der Waals surface area contributed by atoms with E-state index in [9.17, 15) is 4.79 Å². The molecule has 5 heteroatoms. The van der Waals surface area contributed by atoms with Gasteiger partial charge in [0.05, 0.1) is 18.2 Å². The Bertz CT molecular complexity index is 426. The molecule has 1 unspecified atom stereocenters. The Hall–Kier alpha value is -1.90. The fourth-order valence-electron chi connectivity index (χ4n) is 1.38. The van der Waals surface area contributed by atoms with E-state index < -0.39 is 12.0 Å². The lowest BCUT2D eigenvalue weighted by Gasteiger charge is -2.13. The van der Waals surface area contributed by atoms with Crippen LogP contribution in [0.4, 0.5) is 0 Å². The van der Waals surface area contributed by atoms with Crippen molar-refractivity contribution in [2.75, 3.05) is 13.7 Å². The molecule has 90 valence electrons. The van der Waals surface area contributed by atoms with Crippen LogP contribution in [-0.4, -0.2) is 30.8 Å². The molecule has 0 radical (unpaired) electrons. The number of nitriles is 1. The first-order chi connectivity index (χ1) is 8.17. The van der Waals surface area contributed by atoms with Crippen molar-refractivity contribution < 1.29 is 14.6 Å². The van der Waals surface area contributed by atoms with Crippen molar-refractivity contribution in [1.29, 1.82) is 5.26 Å². The Morgan fingerprint density at radius 1 is 1.65 bits per heavy atom. The topological polar surface area (TPSA) is 82.3 Å². The van der Waals surface area contributed by atoms with Crippen LogP contribution in [0.25, 0.3) is 0 Å². The number of benzene rings is 1. The van der Waals surface area contributed by atoms with Gasteiger partial charge in [0.1, 0.15) is 6.04 Å². The Balaban J connectivity index is 2.59. The lowest BCUT2D eigenvalue weighted by molar-refractivity contribution is -0.140. The molecule has 0 saturated heterocycles. The molecule has 1 atom stereocenters. The maximum Gasteiger partial charge on any atom is 0.323 e. The summed E-state index contributed by atoms with van der Waals surface area (Å²) < 4.78 is 4.80. The smallest absolute Gasteiger partial charge is 0.323 e. The average Bonchev–Trinajstić information content (AvgIpc) is 2.34. The van der Waals surface area contributed by atoms with Gasteiger partial charge in [0.2, 0.25) is 0 Å². The van der Waals surface area contributed by atoms with Crippen LogP contribution >= 0.6 is 0 Å². The Morgan fingerprint density at radius 3 is 3.00 bits per heavy atom. The fourth-order valence-corrected chi connectivity index (χ4v) is 1.38. The van der Waals surface area contributed by atoms with Crippen molar-refractivity contribution >= 4 is 5.97 Å². The second-order valence-corrected chi connectivity index (χ2v) is 3.54. The number of rotatable bonds is 6. The van der Waals surface area contributed by atoms with Gasteiger partial charge >= 0.3 is 5.97 Å². The van der Waals surface area contributed by atoms with Crippen LogP contribution in [0.15, 0.2) is 24.3 Å². The minimum absolute atomic E-state index is 0.104. The predicted molar refractivity (Wildman–Crippen MR) is 61.3 cm³/mol. The van der Waals surface area contributed by atoms with Gasteiger partial charge in [0.25, 0.3) is 0 Å². The number of nitrogens with one attached hydrogen (secondary N) is 1. The molecule has 5 nitrogen and oxygen atoms in total. The zero-order valence-electron chi connectivity index (χ0n) is 9.51. The fraction of sp³-hybridized carbons (Fsp3) is 0.333. The Morgan fingerprint density at radius 2 is 2.41 bits per heavy atom. The van der Waals surface area contributed by atoms with E-state index in [0.29, 0.717) is 12.1 Å². The quantitative estimate of drug-likeness (QED) is 0.758. The number of carboxylic acid groups (broad SMARTS) is 1. The lowest BCUT2D eigenvalue weighted by atomic mass is 10.1. The first kappa shape index (κ1) is 13.2. The highest BCUT2D eigenvalue weighted by atomic mass is 16.5. The standard InChI is InChI=1S/C12H14N2O3/c1-17-8-11(12(15)16)14-7-10-4-2-3-9(5-10)6-13/h2-5,11,14H,7-8H2,1H3,(H,15,16). The summed E-state index contributed by atoms with van der Waals surface area (Å²) in [5.74, 6) is -0.955. The van der Waals surface area contributed by atoms with Gasteiger partial charge in [-0.05, 0) is 17.7 Å². The molecule has 0 spiro atoms. The SMILES string of the molecule is COCC(NCc1cccc(C#N)c1)C(=O)O. The summed E-state index contributed by atoms with van der Waals surface area (Å²) in [6.07, 6.45) is 0. The molecule has 1 rings (SSSR count). The number of hydrogen-bond acceptors (Lipinski definition) is 4. The summed E-state index contributed by atoms with van der Waals surface area (Å²) in [7, 11) is 1.45. The monoisotopic (exact) mass is 234 g/mol. The molecule has 0 bridgehead atoms. The van der Waals surface area contributed by atoms with Gasteiger partial charge in [0.15, 0.2) is 0 Å². The number of aliphatic carboxylic acids is 1. The summed E-state index contributed by atoms with van der Waals surface area (Å²) in [4.78, 5) is 10.8. The van der Waals surface area contributed by atoms with Crippen LogP contribution in [0, 0.1) is 11.3 Å². The molecule has 1 aromatic carbocycles.